The van der Waals surface area contributed by atoms with E-state index in [0.29, 0.717) is 6.42 Å². The lowest BCUT2D eigenvalue weighted by molar-refractivity contribution is -0.123. The lowest BCUT2D eigenvalue weighted by Crippen LogP contribution is -2.31. The lowest BCUT2D eigenvalue weighted by atomic mass is 10.1. The first kappa shape index (κ1) is 8.10. The predicted molar refractivity (Wildman–Crippen MR) is 48.5 cm³/mol. The highest BCUT2D eigenvalue weighted by molar-refractivity contribution is 5.80. The van der Waals surface area contributed by atoms with E-state index in [9.17, 15) is 4.79 Å². The van der Waals surface area contributed by atoms with Crippen LogP contribution in [0.5, 0.6) is 5.75 Å². The summed E-state index contributed by atoms with van der Waals surface area (Å²) in [4.78, 5) is 10.9. The van der Waals surface area contributed by atoms with Gasteiger partial charge in [0.15, 0.2) is 6.10 Å². The summed E-state index contributed by atoms with van der Waals surface area (Å²) < 4.78 is 5.37. The molecule has 0 aromatic heterocycles. The second-order valence-corrected chi connectivity index (χ2v) is 3.32. The number of hydrogen-bond donors (Lipinski definition) is 1. The lowest BCUT2D eigenvalue weighted by Gasteiger charge is -2.04. The number of hydrogen-bond acceptors (Lipinski definition) is 2. The molecule has 1 unspecified atom stereocenters. The molecule has 1 heterocycles. The fraction of sp³-hybridized carbons (Fsp3) is 0.300. The molecule has 68 valence electrons. The molecule has 2 N–H and O–H groups in total. The summed E-state index contributed by atoms with van der Waals surface area (Å²) in [5.41, 5.74) is 7.34. The summed E-state index contributed by atoms with van der Waals surface area (Å²) in [5.74, 6) is 0.401. The smallest absolute Gasteiger partial charge is 0.258 e. The second kappa shape index (κ2) is 2.76. The van der Waals surface area contributed by atoms with Gasteiger partial charge in [-0.1, -0.05) is 12.1 Å². The van der Waals surface area contributed by atoms with Gasteiger partial charge in [0.1, 0.15) is 5.75 Å². The Bertz CT molecular complexity index is 360. The van der Waals surface area contributed by atoms with Gasteiger partial charge in [-0.15, -0.1) is 0 Å². The minimum atomic E-state index is -0.475. The molecule has 2 rings (SSSR count). The Labute approximate surface area is 76.5 Å². The first-order valence-electron chi connectivity index (χ1n) is 4.22. The minimum Gasteiger partial charge on any atom is -0.480 e. The zero-order chi connectivity index (χ0) is 9.42. The molecule has 13 heavy (non-hydrogen) atoms. The molecule has 1 amide bonds. The monoisotopic (exact) mass is 177 g/mol. The van der Waals surface area contributed by atoms with Gasteiger partial charge in [0.05, 0.1) is 0 Å². The van der Waals surface area contributed by atoms with Gasteiger partial charge in [-0.3, -0.25) is 4.79 Å². The third-order valence-corrected chi connectivity index (χ3v) is 2.21. The van der Waals surface area contributed by atoms with Crippen LogP contribution in [0.15, 0.2) is 18.2 Å². The van der Waals surface area contributed by atoms with E-state index < -0.39 is 12.0 Å². The van der Waals surface area contributed by atoms with Crippen LogP contribution in [0.4, 0.5) is 0 Å². The zero-order valence-electron chi connectivity index (χ0n) is 7.41. The maximum atomic E-state index is 10.9. The van der Waals surface area contributed by atoms with Crippen LogP contribution < -0.4 is 10.5 Å². The maximum absolute atomic E-state index is 10.9. The first-order valence-corrected chi connectivity index (χ1v) is 4.22. The van der Waals surface area contributed by atoms with Crippen LogP contribution in [0.25, 0.3) is 0 Å². The minimum absolute atomic E-state index is 0.395. The number of ether oxygens (including phenoxy) is 1. The Balaban J connectivity index is 2.30. The first-order chi connectivity index (χ1) is 6.16. The van der Waals surface area contributed by atoms with Crippen LogP contribution in [0, 0.1) is 6.92 Å². The van der Waals surface area contributed by atoms with E-state index >= 15 is 0 Å². The molecule has 1 aliphatic heterocycles. The van der Waals surface area contributed by atoms with Gasteiger partial charge < -0.3 is 10.5 Å². The van der Waals surface area contributed by atoms with E-state index in [1.807, 2.05) is 25.1 Å². The number of nitrogens with two attached hydrogens (primary N) is 1. The van der Waals surface area contributed by atoms with Crippen LogP contribution in [-0.4, -0.2) is 12.0 Å². The average molecular weight is 177 g/mol. The van der Waals surface area contributed by atoms with Crippen molar-refractivity contribution in [2.75, 3.05) is 0 Å². The number of amides is 1. The van der Waals surface area contributed by atoms with E-state index in [2.05, 4.69) is 0 Å². The van der Waals surface area contributed by atoms with Crippen LogP contribution in [0.3, 0.4) is 0 Å². The molecule has 1 atom stereocenters. The topological polar surface area (TPSA) is 52.3 Å². The highest BCUT2D eigenvalue weighted by atomic mass is 16.5. The molecule has 0 radical (unpaired) electrons. The van der Waals surface area contributed by atoms with Crippen molar-refractivity contribution in [3.05, 3.63) is 29.3 Å². The number of carbonyl (C=O) groups excluding carboxylic acids is 1. The van der Waals surface area contributed by atoms with Crippen LogP contribution in [0.2, 0.25) is 0 Å². The van der Waals surface area contributed by atoms with E-state index in [-0.39, 0.29) is 0 Å². The SMILES string of the molecule is Cc1ccc2c(c1)OC(C(N)=O)C2. The summed E-state index contributed by atoms with van der Waals surface area (Å²) in [7, 11) is 0. The number of aryl methyl sites for hydroxylation is 1. The average Bonchev–Trinajstić information content (AvgIpc) is 2.46. The fourth-order valence-corrected chi connectivity index (χ4v) is 1.49. The molecule has 1 aliphatic rings. The number of fused-ring (bicyclic) bond motifs is 1. The summed E-state index contributed by atoms with van der Waals surface area (Å²) >= 11 is 0. The Hall–Kier alpha value is -1.51. The van der Waals surface area contributed by atoms with Gasteiger partial charge in [0.25, 0.3) is 5.91 Å². The molecule has 0 saturated carbocycles. The molecule has 0 fully saturated rings. The van der Waals surface area contributed by atoms with Gasteiger partial charge in [0, 0.05) is 6.42 Å². The largest absolute Gasteiger partial charge is 0.480 e. The van der Waals surface area contributed by atoms with Gasteiger partial charge in [-0.2, -0.15) is 0 Å². The molecule has 3 heteroatoms. The molecule has 0 bridgehead atoms. The van der Waals surface area contributed by atoms with E-state index in [4.69, 9.17) is 10.5 Å². The molecule has 0 spiro atoms. The number of carbonyl (C=O) groups is 1. The van der Waals surface area contributed by atoms with Gasteiger partial charge in [-0.25, -0.2) is 0 Å². The van der Waals surface area contributed by atoms with E-state index in [1.54, 1.807) is 0 Å². The van der Waals surface area contributed by atoms with Crippen molar-refractivity contribution >= 4 is 5.91 Å². The highest BCUT2D eigenvalue weighted by Crippen LogP contribution is 2.29. The summed E-state index contributed by atoms with van der Waals surface area (Å²) in [6.07, 6.45) is 0.127. The standard InChI is InChI=1S/C10H11NO2/c1-6-2-3-7-5-9(10(11)12)13-8(7)4-6/h2-4,9H,5H2,1H3,(H2,11,12). The molecule has 1 aromatic carbocycles. The number of benzene rings is 1. The molecule has 1 aromatic rings. The summed E-state index contributed by atoms with van der Waals surface area (Å²) in [6.45, 7) is 1.99. The fourth-order valence-electron chi connectivity index (χ4n) is 1.49. The quantitative estimate of drug-likeness (QED) is 0.689. The van der Waals surface area contributed by atoms with Gasteiger partial charge >= 0.3 is 0 Å². The highest BCUT2D eigenvalue weighted by Gasteiger charge is 2.26. The van der Waals surface area contributed by atoms with Crippen LogP contribution in [-0.2, 0) is 11.2 Å². The van der Waals surface area contributed by atoms with Crippen molar-refractivity contribution in [3.63, 3.8) is 0 Å². The van der Waals surface area contributed by atoms with Crippen LogP contribution in [0.1, 0.15) is 11.1 Å². The normalized spacial score (nSPS) is 19.3. The van der Waals surface area contributed by atoms with Crippen molar-refractivity contribution in [3.8, 4) is 5.75 Å². The molecular weight excluding hydrogens is 166 g/mol. The van der Waals surface area contributed by atoms with Crippen molar-refractivity contribution in [1.82, 2.24) is 0 Å². The van der Waals surface area contributed by atoms with Crippen molar-refractivity contribution in [2.24, 2.45) is 5.73 Å². The maximum Gasteiger partial charge on any atom is 0.258 e. The number of primary amides is 1. The summed E-state index contributed by atoms with van der Waals surface area (Å²) in [6, 6.07) is 5.91. The Kier molecular flexibility index (Phi) is 1.72. The second-order valence-electron chi connectivity index (χ2n) is 3.32. The molecule has 0 aliphatic carbocycles. The van der Waals surface area contributed by atoms with Crippen molar-refractivity contribution < 1.29 is 9.53 Å². The van der Waals surface area contributed by atoms with Crippen LogP contribution >= 0.6 is 0 Å². The molecule has 3 nitrogen and oxygen atoms in total. The van der Waals surface area contributed by atoms with Gasteiger partial charge in [0.2, 0.25) is 0 Å². The van der Waals surface area contributed by atoms with Crippen molar-refractivity contribution in [2.45, 2.75) is 19.4 Å². The Morgan fingerprint density at radius 2 is 2.38 bits per heavy atom. The van der Waals surface area contributed by atoms with E-state index in [1.165, 1.54) is 0 Å². The zero-order valence-corrected chi connectivity index (χ0v) is 7.41. The summed E-state index contributed by atoms with van der Waals surface area (Å²) in [5, 5.41) is 0. The van der Waals surface area contributed by atoms with Crippen molar-refractivity contribution in [1.29, 1.82) is 0 Å². The molecule has 0 saturated heterocycles. The number of rotatable bonds is 1. The third kappa shape index (κ3) is 1.37. The Morgan fingerprint density at radius 1 is 1.62 bits per heavy atom. The third-order valence-electron chi connectivity index (χ3n) is 2.21. The molecular formula is C10H11NO2. The van der Waals surface area contributed by atoms with E-state index in [0.717, 1.165) is 16.9 Å². The van der Waals surface area contributed by atoms with Gasteiger partial charge in [-0.05, 0) is 24.1 Å². The predicted octanol–water partition coefficient (Wildman–Crippen LogP) is 0.784. The Morgan fingerprint density at radius 3 is 3.08 bits per heavy atom.